The average molecular weight is 751 g/mol. The lowest BCUT2D eigenvalue weighted by molar-refractivity contribution is 0.0507. The van der Waals surface area contributed by atoms with E-state index in [1.807, 2.05) is 61.5 Å². The van der Waals surface area contributed by atoms with E-state index in [-0.39, 0.29) is 25.5 Å². The first kappa shape index (κ1) is 39.3. The molecule has 5 aromatic rings. The van der Waals surface area contributed by atoms with Crippen LogP contribution in [0.15, 0.2) is 121 Å². The van der Waals surface area contributed by atoms with Crippen molar-refractivity contribution in [2.75, 3.05) is 18.0 Å². The Balaban J connectivity index is 1.35. The third-order valence-corrected chi connectivity index (χ3v) is 8.49. The van der Waals surface area contributed by atoms with Crippen molar-refractivity contribution in [3.63, 3.8) is 0 Å². The molecule has 1 atom stereocenters. The molecule has 0 aliphatic rings. The second-order valence-corrected chi connectivity index (χ2v) is 14.0. The Morgan fingerprint density at radius 2 is 1.52 bits per heavy atom. The van der Waals surface area contributed by atoms with Gasteiger partial charge in [0.15, 0.2) is 5.75 Å². The highest BCUT2D eigenvalue weighted by atomic mass is 35.5. The second-order valence-electron chi connectivity index (χ2n) is 13.6. The Kier molecular flexibility index (Phi) is 13.3. The lowest BCUT2D eigenvalue weighted by Gasteiger charge is -2.26. The number of carbonyl (C=O) groups excluding carboxylic acids is 3. The first-order valence-corrected chi connectivity index (χ1v) is 18.0. The summed E-state index contributed by atoms with van der Waals surface area (Å²) >= 11 is 6.47. The Morgan fingerprint density at radius 3 is 2.24 bits per heavy atom. The molecule has 0 saturated heterocycles. The molecule has 0 heterocycles. The van der Waals surface area contributed by atoms with E-state index in [4.69, 9.17) is 21.1 Å². The quantitative estimate of drug-likeness (QED) is 0.104. The first-order valence-electron chi connectivity index (χ1n) is 17.7. The van der Waals surface area contributed by atoms with Crippen LogP contribution in [0.2, 0.25) is 5.02 Å². The fourth-order valence-corrected chi connectivity index (χ4v) is 5.74. The molecular formula is C43H44ClFN4O5. The van der Waals surface area contributed by atoms with Gasteiger partial charge in [-0.25, -0.2) is 14.0 Å². The minimum atomic E-state index is -0.642. The molecule has 280 valence electrons. The molecule has 54 heavy (non-hydrogen) atoms. The molecule has 0 aromatic heterocycles. The van der Waals surface area contributed by atoms with Crippen LogP contribution in [-0.4, -0.2) is 36.7 Å². The third kappa shape index (κ3) is 11.3. The molecule has 0 aliphatic heterocycles. The van der Waals surface area contributed by atoms with E-state index < -0.39 is 29.6 Å². The van der Waals surface area contributed by atoms with Gasteiger partial charge in [0.1, 0.15) is 17.2 Å². The number of alkyl carbamates (subject to hydrolysis) is 1. The van der Waals surface area contributed by atoms with E-state index in [9.17, 15) is 18.8 Å². The van der Waals surface area contributed by atoms with Gasteiger partial charge < -0.3 is 30.3 Å². The van der Waals surface area contributed by atoms with Gasteiger partial charge in [-0.15, -0.1) is 0 Å². The van der Waals surface area contributed by atoms with Crippen LogP contribution in [0.25, 0.3) is 11.1 Å². The maximum Gasteiger partial charge on any atom is 0.408 e. The van der Waals surface area contributed by atoms with E-state index in [1.165, 1.54) is 6.07 Å². The van der Waals surface area contributed by atoms with Crippen LogP contribution in [0.1, 0.15) is 61.6 Å². The van der Waals surface area contributed by atoms with E-state index >= 15 is 0 Å². The topological polar surface area (TPSA) is 109 Å². The molecular weight excluding hydrogens is 707 g/mol. The van der Waals surface area contributed by atoms with Crippen molar-refractivity contribution in [1.82, 2.24) is 16.0 Å². The SMILES string of the molecule is CC(NC(=O)OC(C)(C)C)c1cccc(Oc2cc(Cl)ccc2N(CCCNC(=O)NCc2ccccc2F)C(=O)c2ccc(-c3ccccc3)cc2)c1. The van der Waals surface area contributed by atoms with Crippen molar-refractivity contribution in [2.45, 2.75) is 52.3 Å². The van der Waals surface area contributed by atoms with Gasteiger partial charge >= 0.3 is 12.1 Å². The molecule has 11 heteroatoms. The number of ether oxygens (including phenoxy) is 2. The molecule has 0 radical (unpaired) electrons. The predicted octanol–water partition coefficient (Wildman–Crippen LogP) is 10.1. The zero-order chi connectivity index (χ0) is 38.7. The normalized spacial score (nSPS) is 11.6. The Labute approximate surface area is 320 Å². The van der Waals surface area contributed by atoms with Gasteiger partial charge in [-0.2, -0.15) is 0 Å². The second kappa shape index (κ2) is 18.3. The number of rotatable bonds is 13. The summed E-state index contributed by atoms with van der Waals surface area (Å²) in [4.78, 5) is 40.9. The van der Waals surface area contributed by atoms with Gasteiger partial charge in [-0.3, -0.25) is 4.79 Å². The molecule has 5 aromatic carbocycles. The lowest BCUT2D eigenvalue weighted by atomic mass is 10.0. The molecule has 0 aliphatic carbocycles. The number of nitrogens with one attached hydrogen (secondary N) is 3. The molecule has 0 bridgehead atoms. The van der Waals surface area contributed by atoms with Crippen molar-refractivity contribution < 1.29 is 28.2 Å². The van der Waals surface area contributed by atoms with Crippen LogP contribution in [0.5, 0.6) is 11.5 Å². The summed E-state index contributed by atoms with van der Waals surface area (Å²) in [6.07, 6.45) is -0.159. The largest absolute Gasteiger partial charge is 0.455 e. The average Bonchev–Trinajstić information content (AvgIpc) is 3.14. The van der Waals surface area contributed by atoms with Crippen LogP contribution in [0, 0.1) is 5.82 Å². The molecule has 0 fully saturated rings. The monoisotopic (exact) mass is 750 g/mol. The van der Waals surface area contributed by atoms with Crippen LogP contribution in [0.4, 0.5) is 19.7 Å². The van der Waals surface area contributed by atoms with Gasteiger partial charge in [0.05, 0.1) is 11.7 Å². The van der Waals surface area contributed by atoms with Crippen molar-refractivity contribution in [1.29, 1.82) is 0 Å². The molecule has 3 N–H and O–H groups in total. The fourth-order valence-electron chi connectivity index (χ4n) is 5.58. The Hall–Kier alpha value is -5.87. The number of anilines is 1. The Bertz CT molecular complexity index is 2050. The van der Waals surface area contributed by atoms with Crippen LogP contribution in [-0.2, 0) is 11.3 Å². The van der Waals surface area contributed by atoms with E-state index in [2.05, 4.69) is 16.0 Å². The van der Waals surface area contributed by atoms with Crippen molar-refractivity contribution >= 4 is 35.3 Å². The van der Waals surface area contributed by atoms with E-state index in [0.29, 0.717) is 39.8 Å². The first-order chi connectivity index (χ1) is 25.9. The summed E-state index contributed by atoms with van der Waals surface area (Å²) in [5.41, 5.74) is 3.41. The number of hydrogen-bond donors (Lipinski definition) is 3. The summed E-state index contributed by atoms with van der Waals surface area (Å²) in [6, 6.07) is 34.9. The number of benzene rings is 5. The Morgan fingerprint density at radius 1 is 0.815 bits per heavy atom. The molecule has 0 spiro atoms. The summed E-state index contributed by atoms with van der Waals surface area (Å²) in [5.74, 6) is 0.108. The van der Waals surface area contributed by atoms with E-state index in [1.54, 1.807) is 86.3 Å². The lowest BCUT2D eigenvalue weighted by Crippen LogP contribution is -2.38. The predicted molar refractivity (Wildman–Crippen MR) is 211 cm³/mol. The number of amides is 4. The number of halogens is 2. The van der Waals surface area contributed by atoms with Gasteiger partial charge in [-0.1, -0.05) is 84.4 Å². The number of hydrogen-bond acceptors (Lipinski definition) is 5. The van der Waals surface area contributed by atoms with Crippen molar-refractivity contribution in [2.24, 2.45) is 0 Å². The minimum Gasteiger partial charge on any atom is -0.455 e. The maximum atomic E-state index is 14.3. The highest BCUT2D eigenvalue weighted by molar-refractivity contribution is 6.30. The highest BCUT2D eigenvalue weighted by Gasteiger charge is 2.23. The zero-order valence-electron chi connectivity index (χ0n) is 30.7. The van der Waals surface area contributed by atoms with Crippen molar-refractivity contribution in [3.8, 4) is 22.6 Å². The van der Waals surface area contributed by atoms with Gasteiger partial charge in [0, 0.05) is 41.9 Å². The fraction of sp³-hybridized carbons (Fsp3) is 0.233. The number of nitrogens with zero attached hydrogens (tertiary/aromatic N) is 1. The van der Waals surface area contributed by atoms with Gasteiger partial charge in [0.2, 0.25) is 0 Å². The molecule has 5 rings (SSSR count). The molecule has 0 saturated carbocycles. The standard InChI is InChI=1S/C43H44ClFN4O5/c1-29(48-42(52)54-43(2,3)4)33-15-10-16-36(26-33)53-39-27-35(44)22-23-38(39)49(25-11-24-46-41(51)47-28-34-14-8-9-17-37(34)45)40(50)32-20-18-31(19-21-32)30-12-6-5-7-13-30/h5-10,12-23,26-27,29H,11,24-25,28H2,1-4H3,(H,48,52)(H2,46,47,51). The zero-order valence-corrected chi connectivity index (χ0v) is 31.5. The highest BCUT2D eigenvalue weighted by Crippen LogP contribution is 2.37. The van der Waals surface area contributed by atoms with Crippen LogP contribution in [0.3, 0.4) is 0 Å². The smallest absolute Gasteiger partial charge is 0.408 e. The van der Waals surface area contributed by atoms with Gasteiger partial charge in [0.25, 0.3) is 5.91 Å². The molecule has 9 nitrogen and oxygen atoms in total. The van der Waals surface area contributed by atoms with Gasteiger partial charge in [-0.05, 0) is 93.3 Å². The minimum absolute atomic E-state index is 0.0324. The molecule has 1 unspecified atom stereocenters. The summed E-state index contributed by atoms with van der Waals surface area (Å²) in [6.45, 7) is 7.70. The summed E-state index contributed by atoms with van der Waals surface area (Å²) in [7, 11) is 0. The van der Waals surface area contributed by atoms with Crippen LogP contribution >= 0.6 is 11.6 Å². The third-order valence-electron chi connectivity index (χ3n) is 8.26. The summed E-state index contributed by atoms with van der Waals surface area (Å²) in [5, 5.41) is 8.70. The number of urea groups is 1. The van der Waals surface area contributed by atoms with E-state index in [0.717, 1.165) is 16.7 Å². The molecule has 4 amide bonds. The van der Waals surface area contributed by atoms with Crippen LogP contribution < -0.4 is 25.6 Å². The number of carbonyl (C=O) groups is 3. The summed E-state index contributed by atoms with van der Waals surface area (Å²) < 4.78 is 25.8. The van der Waals surface area contributed by atoms with Crippen molar-refractivity contribution in [3.05, 3.63) is 149 Å². The maximum absolute atomic E-state index is 14.3.